The SMILES string of the molecule is C=CCOc1ccc2cc([S+]([O-])N(CCC(C)C)[C@@H](C(=O)NO)C(C)C)ccc2c1. The second-order valence-corrected chi connectivity index (χ2v) is 9.45. The van der Waals surface area contributed by atoms with Crippen LogP contribution in [0.4, 0.5) is 0 Å². The Hall–Kier alpha value is -2.06. The molecular formula is C23H32N2O4S. The van der Waals surface area contributed by atoms with E-state index < -0.39 is 23.3 Å². The molecule has 0 radical (unpaired) electrons. The van der Waals surface area contributed by atoms with Crippen LogP contribution in [-0.2, 0) is 16.2 Å². The number of ether oxygens (including phenoxy) is 1. The fraction of sp³-hybridized carbons (Fsp3) is 0.435. The van der Waals surface area contributed by atoms with Crippen molar-refractivity contribution in [1.29, 1.82) is 0 Å². The highest BCUT2D eigenvalue weighted by Crippen LogP contribution is 2.28. The van der Waals surface area contributed by atoms with Crippen molar-refractivity contribution in [1.82, 2.24) is 9.79 Å². The van der Waals surface area contributed by atoms with Crippen LogP contribution in [0.1, 0.15) is 34.1 Å². The van der Waals surface area contributed by atoms with Crippen molar-refractivity contribution in [3.8, 4) is 5.75 Å². The summed E-state index contributed by atoms with van der Waals surface area (Å²) in [5, 5.41) is 11.1. The van der Waals surface area contributed by atoms with Crippen LogP contribution in [0, 0.1) is 11.8 Å². The van der Waals surface area contributed by atoms with Crippen LogP contribution in [-0.4, -0.2) is 39.2 Å². The van der Waals surface area contributed by atoms with E-state index in [1.54, 1.807) is 15.9 Å². The molecule has 164 valence electrons. The zero-order chi connectivity index (χ0) is 22.3. The third-order valence-electron chi connectivity index (χ3n) is 4.81. The normalized spacial score (nSPS) is 13.6. The molecule has 0 bridgehead atoms. The highest BCUT2D eigenvalue weighted by atomic mass is 32.2. The molecule has 30 heavy (non-hydrogen) atoms. The minimum Gasteiger partial charge on any atom is -0.593 e. The van der Waals surface area contributed by atoms with Crippen LogP contribution in [0.2, 0.25) is 0 Å². The van der Waals surface area contributed by atoms with Gasteiger partial charge in [0, 0.05) is 12.6 Å². The zero-order valence-electron chi connectivity index (χ0n) is 18.1. The van der Waals surface area contributed by atoms with Crippen LogP contribution >= 0.6 is 0 Å². The molecule has 0 aromatic heterocycles. The van der Waals surface area contributed by atoms with E-state index in [1.165, 1.54) is 0 Å². The van der Waals surface area contributed by atoms with Crippen molar-refractivity contribution in [3.05, 3.63) is 49.1 Å². The summed E-state index contributed by atoms with van der Waals surface area (Å²) in [4.78, 5) is 13.0. The first-order chi connectivity index (χ1) is 14.3. The van der Waals surface area contributed by atoms with Gasteiger partial charge in [-0.2, -0.15) is 0 Å². The number of nitrogens with zero attached hydrogens (tertiary/aromatic N) is 1. The summed E-state index contributed by atoms with van der Waals surface area (Å²) in [6.45, 7) is 12.5. The molecule has 0 heterocycles. The van der Waals surface area contributed by atoms with Crippen molar-refractivity contribution in [2.45, 2.75) is 45.1 Å². The van der Waals surface area contributed by atoms with Gasteiger partial charge in [0.1, 0.15) is 18.4 Å². The summed E-state index contributed by atoms with van der Waals surface area (Å²) >= 11 is -1.56. The summed E-state index contributed by atoms with van der Waals surface area (Å²) < 4.78 is 20.8. The van der Waals surface area contributed by atoms with E-state index in [4.69, 9.17) is 4.74 Å². The van der Waals surface area contributed by atoms with Gasteiger partial charge in [-0.15, -0.1) is 4.31 Å². The van der Waals surface area contributed by atoms with Gasteiger partial charge in [0.25, 0.3) is 5.91 Å². The van der Waals surface area contributed by atoms with E-state index in [0.717, 1.165) is 22.9 Å². The Bertz CT molecular complexity index is 856. The molecule has 0 aliphatic heterocycles. The maximum absolute atomic E-state index is 13.5. The highest BCUT2D eigenvalue weighted by molar-refractivity contribution is 7.89. The maximum Gasteiger partial charge on any atom is 0.265 e. The average Bonchev–Trinajstić information content (AvgIpc) is 2.73. The number of benzene rings is 2. The van der Waals surface area contributed by atoms with Crippen LogP contribution in [0.25, 0.3) is 10.8 Å². The van der Waals surface area contributed by atoms with Crippen molar-refractivity contribution >= 4 is 28.0 Å². The summed E-state index contributed by atoms with van der Waals surface area (Å²) in [5.41, 5.74) is 1.74. The minimum atomic E-state index is -1.56. The average molecular weight is 433 g/mol. The Kier molecular flexibility index (Phi) is 9.17. The minimum absolute atomic E-state index is 0.127. The molecule has 2 aromatic carbocycles. The Labute approximate surface area is 182 Å². The molecule has 1 unspecified atom stereocenters. The number of fused-ring (bicyclic) bond motifs is 1. The molecule has 0 saturated heterocycles. The standard InChI is InChI=1S/C23H32N2O4S/c1-6-13-29-20-9-7-19-15-21(10-8-18(19)14-20)30(28)25(12-11-16(2)3)22(17(4)5)23(26)24-27/h6-10,14-17,22,27H,1,11-13H2,2-5H3,(H,24,26)/t22-,30?/m1/s1. The van der Waals surface area contributed by atoms with Gasteiger partial charge in [-0.1, -0.05) is 46.4 Å². The molecule has 0 spiro atoms. The molecule has 2 N–H and O–H groups in total. The van der Waals surface area contributed by atoms with Gasteiger partial charge in [0.15, 0.2) is 4.90 Å². The monoisotopic (exact) mass is 432 g/mol. The number of hydrogen-bond donors (Lipinski definition) is 2. The molecule has 6 nitrogen and oxygen atoms in total. The second-order valence-electron chi connectivity index (χ2n) is 8.01. The first-order valence-corrected chi connectivity index (χ1v) is 11.3. The number of carbonyl (C=O) groups excluding carboxylic acids is 1. The smallest absolute Gasteiger partial charge is 0.265 e. The lowest BCUT2D eigenvalue weighted by molar-refractivity contribution is -0.134. The molecular weight excluding hydrogens is 400 g/mol. The van der Waals surface area contributed by atoms with Gasteiger partial charge in [-0.05, 0) is 53.3 Å². The summed E-state index contributed by atoms with van der Waals surface area (Å²) in [6.07, 6.45) is 2.47. The molecule has 0 aliphatic rings. The number of nitrogens with one attached hydrogen (secondary N) is 1. The number of carbonyl (C=O) groups is 1. The van der Waals surface area contributed by atoms with E-state index in [9.17, 15) is 14.6 Å². The fourth-order valence-electron chi connectivity index (χ4n) is 3.23. The van der Waals surface area contributed by atoms with E-state index >= 15 is 0 Å². The van der Waals surface area contributed by atoms with Crippen molar-refractivity contribution in [3.63, 3.8) is 0 Å². The summed E-state index contributed by atoms with van der Waals surface area (Å²) in [6, 6.07) is 10.6. The largest absolute Gasteiger partial charge is 0.593 e. The molecule has 0 aliphatic carbocycles. The van der Waals surface area contributed by atoms with Crippen LogP contribution < -0.4 is 10.2 Å². The number of hydroxylamine groups is 1. The zero-order valence-corrected chi connectivity index (χ0v) is 18.9. The molecule has 2 aromatic rings. The predicted molar refractivity (Wildman–Crippen MR) is 121 cm³/mol. The van der Waals surface area contributed by atoms with Crippen molar-refractivity contribution in [2.24, 2.45) is 11.8 Å². The van der Waals surface area contributed by atoms with E-state index in [2.05, 4.69) is 20.4 Å². The third-order valence-corrected chi connectivity index (χ3v) is 6.31. The summed E-state index contributed by atoms with van der Waals surface area (Å²) in [7, 11) is 0. The van der Waals surface area contributed by atoms with Gasteiger partial charge in [-0.25, -0.2) is 5.48 Å². The van der Waals surface area contributed by atoms with E-state index in [-0.39, 0.29) is 5.92 Å². The van der Waals surface area contributed by atoms with E-state index in [0.29, 0.717) is 24.0 Å². The molecule has 0 fully saturated rings. The number of hydrogen-bond acceptors (Lipinski definition) is 5. The van der Waals surface area contributed by atoms with Gasteiger partial charge < -0.3 is 9.29 Å². The number of rotatable bonds is 11. The second kappa shape index (κ2) is 11.4. The van der Waals surface area contributed by atoms with Gasteiger partial charge in [0.2, 0.25) is 0 Å². The lowest BCUT2D eigenvalue weighted by atomic mass is 10.0. The Balaban J connectivity index is 2.37. The maximum atomic E-state index is 13.5. The topological polar surface area (TPSA) is 84.9 Å². The van der Waals surface area contributed by atoms with Gasteiger partial charge in [-0.3, -0.25) is 10.0 Å². The molecule has 2 rings (SSSR count). The van der Waals surface area contributed by atoms with Gasteiger partial charge in [0.05, 0.1) is 11.4 Å². The lowest BCUT2D eigenvalue weighted by Crippen LogP contribution is -2.52. The summed E-state index contributed by atoms with van der Waals surface area (Å²) in [5.74, 6) is 0.458. The molecule has 7 heteroatoms. The predicted octanol–water partition coefficient (Wildman–Crippen LogP) is 4.31. The van der Waals surface area contributed by atoms with Crippen molar-refractivity contribution < 1.29 is 19.3 Å². The molecule has 0 saturated carbocycles. The third kappa shape index (κ3) is 6.22. The first kappa shape index (κ1) is 24.2. The molecule has 1 amide bonds. The lowest BCUT2D eigenvalue weighted by Gasteiger charge is -2.32. The first-order valence-electron chi connectivity index (χ1n) is 10.2. The quantitative estimate of drug-likeness (QED) is 0.239. The molecule has 2 atom stereocenters. The van der Waals surface area contributed by atoms with Gasteiger partial charge >= 0.3 is 0 Å². The number of amides is 1. The highest BCUT2D eigenvalue weighted by Gasteiger charge is 2.37. The fourth-order valence-corrected chi connectivity index (χ4v) is 4.73. The van der Waals surface area contributed by atoms with E-state index in [1.807, 2.05) is 50.2 Å². The van der Waals surface area contributed by atoms with Crippen molar-refractivity contribution in [2.75, 3.05) is 13.2 Å². The van der Waals surface area contributed by atoms with Crippen LogP contribution in [0.3, 0.4) is 0 Å². The Morgan fingerprint density at radius 2 is 1.90 bits per heavy atom. The van der Waals surface area contributed by atoms with Crippen LogP contribution in [0.5, 0.6) is 5.75 Å². The van der Waals surface area contributed by atoms with Crippen LogP contribution in [0.15, 0.2) is 53.9 Å². The Morgan fingerprint density at radius 3 is 2.50 bits per heavy atom. The Morgan fingerprint density at radius 1 is 1.23 bits per heavy atom.